The number of likely N-dealkylation sites (tertiary alicyclic amines) is 1. The number of ketones is 1. The summed E-state index contributed by atoms with van der Waals surface area (Å²) in [4.78, 5) is 22.9. The fourth-order valence-corrected chi connectivity index (χ4v) is 3.87. The van der Waals surface area contributed by atoms with Crippen LogP contribution in [0, 0.1) is 0 Å². The second-order valence-electron chi connectivity index (χ2n) is 7.09. The Balaban J connectivity index is 1.64. The summed E-state index contributed by atoms with van der Waals surface area (Å²) in [7, 11) is 0. The van der Waals surface area contributed by atoms with Gasteiger partial charge in [0.2, 0.25) is 5.28 Å². The minimum atomic E-state index is -0.0471. The number of aromatic nitrogens is 3. The van der Waals surface area contributed by atoms with Crippen molar-refractivity contribution in [3.63, 3.8) is 0 Å². The van der Waals surface area contributed by atoms with Gasteiger partial charge in [-0.25, -0.2) is 4.98 Å². The number of Topliss-reactive ketones (excluding diaryl/α,β-unsaturated/α-hetero) is 1. The Labute approximate surface area is 163 Å². The van der Waals surface area contributed by atoms with Gasteiger partial charge in [0.25, 0.3) is 0 Å². The molecular formula is C20H22ClN5O. The summed E-state index contributed by atoms with van der Waals surface area (Å²) in [6.45, 7) is 5.41. The van der Waals surface area contributed by atoms with E-state index in [0.29, 0.717) is 23.3 Å². The summed E-state index contributed by atoms with van der Waals surface area (Å²) in [5.74, 6) is 0.237. The van der Waals surface area contributed by atoms with E-state index in [2.05, 4.69) is 39.1 Å². The Hall–Kier alpha value is -2.44. The molecule has 0 atom stereocenters. The smallest absolute Gasteiger partial charge is 0.226 e. The molecule has 2 aromatic heterocycles. The lowest BCUT2D eigenvalue weighted by atomic mass is 10.1. The van der Waals surface area contributed by atoms with Crippen molar-refractivity contribution < 1.29 is 4.79 Å². The van der Waals surface area contributed by atoms with Gasteiger partial charge in [0.05, 0.1) is 11.1 Å². The summed E-state index contributed by atoms with van der Waals surface area (Å²) >= 11 is 5.98. The highest BCUT2D eigenvalue weighted by atomic mass is 35.5. The van der Waals surface area contributed by atoms with Crippen LogP contribution in [0.5, 0.6) is 0 Å². The van der Waals surface area contributed by atoms with Gasteiger partial charge in [-0.15, -0.1) is 0 Å². The molecule has 0 unspecified atom stereocenters. The van der Waals surface area contributed by atoms with Crippen molar-refractivity contribution in [2.75, 3.05) is 18.8 Å². The Kier molecular flexibility index (Phi) is 4.85. The molecule has 0 saturated carbocycles. The maximum absolute atomic E-state index is 12.1. The zero-order valence-corrected chi connectivity index (χ0v) is 16.0. The summed E-state index contributed by atoms with van der Waals surface area (Å²) in [6.07, 6.45) is 2.58. The number of hydrogen-bond acceptors (Lipinski definition) is 5. The minimum absolute atomic E-state index is 0.0471. The molecule has 6 nitrogen and oxygen atoms in total. The number of carbonyl (C=O) groups is 1. The van der Waals surface area contributed by atoms with Crippen LogP contribution in [0.4, 0.5) is 5.82 Å². The van der Waals surface area contributed by atoms with E-state index in [1.807, 2.05) is 4.57 Å². The fourth-order valence-electron chi connectivity index (χ4n) is 3.70. The van der Waals surface area contributed by atoms with Gasteiger partial charge in [-0.2, -0.15) is 4.98 Å². The number of rotatable bonds is 5. The molecule has 1 aromatic carbocycles. The van der Waals surface area contributed by atoms with Crippen LogP contribution in [0.2, 0.25) is 5.28 Å². The minimum Gasteiger partial charge on any atom is -0.383 e. The fraction of sp³-hybridized carbons (Fsp3) is 0.350. The molecule has 1 aliphatic heterocycles. The molecule has 1 fully saturated rings. The van der Waals surface area contributed by atoms with E-state index in [1.165, 1.54) is 38.4 Å². The summed E-state index contributed by atoms with van der Waals surface area (Å²) < 4.78 is 1.86. The monoisotopic (exact) mass is 383 g/mol. The van der Waals surface area contributed by atoms with E-state index in [1.54, 1.807) is 6.07 Å². The van der Waals surface area contributed by atoms with Gasteiger partial charge in [0.15, 0.2) is 5.78 Å². The van der Waals surface area contributed by atoms with Crippen LogP contribution >= 0.6 is 11.6 Å². The first-order valence-electron chi connectivity index (χ1n) is 9.14. The van der Waals surface area contributed by atoms with Crippen LogP contribution in [-0.4, -0.2) is 38.3 Å². The molecule has 2 N–H and O–H groups in total. The maximum atomic E-state index is 12.1. The molecule has 3 aromatic rings. The van der Waals surface area contributed by atoms with Crippen LogP contribution in [0.25, 0.3) is 11.0 Å². The molecule has 0 bridgehead atoms. The van der Waals surface area contributed by atoms with Crippen molar-refractivity contribution in [1.82, 2.24) is 19.4 Å². The molecule has 3 heterocycles. The lowest BCUT2D eigenvalue weighted by Crippen LogP contribution is -2.18. The number of anilines is 1. The molecular weight excluding hydrogens is 362 g/mol. The van der Waals surface area contributed by atoms with Gasteiger partial charge in [-0.1, -0.05) is 24.3 Å². The highest BCUT2D eigenvalue weighted by Gasteiger charge is 2.17. The van der Waals surface area contributed by atoms with Crippen molar-refractivity contribution in [1.29, 1.82) is 0 Å². The zero-order valence-electron chi connectivity index (χ0n) is 15.3. The highest BCUT2D eigenvalue weighted by Crippen LogP contribution is 2.25. The van der Waals surface area contributed by atoms with Gasteiger partial charge >= 0.3 is 0 Å². The van der Waals surface area contributed by atoms with Gasteiger partial charge in [0, 0.05) is 20.0 Å². The molecule has 4 rings (SSSR count). The standard InChI is InChI=1S/C20H22ClN5O/c1-13(27)17-10-16-18(22)23-20(21)24-19(16)26(17)12-15-6-4-14(5-7-15)11-25-8-2-3-9-25/h4-7,10H,2-3,8-9,11-12H2,1H3,(H2,22,23,24). The first-order valence-corrected chi connectivity index (χ1v) is 9.52. The SMILES string of the molecule is CC(=O)c1cc2c(N)nc(Cl)nc2n1Cc1ccc(CN2CCCC2)cc1. The van der Waals surface area contributed by atoms with Gasteiger partial charge in [-0.05, 0) is 54.7 Å². The van der Waals surface area contributed by atoms with Crippen LogP contribution in [0.1, 0.15) is 41.4 Å². The third-order valence-corrected chi connectivity index (χ3v) is 5.25. The van der Waals surface area contributed by atoms with Crippen molar-refractivity contribution in [3.05, 3.63) is 52.4 Å². The molecule has 27 heavy (non-hydrogen) atoms. The van der Waals surface area contributed by atoms with Crippen molar-refractivity contribution in [3.8, 4) is 0 Å². The number of benzene rings is 1. The molecule has 0 spiro atoms. The largest absolute Gasteiger partial charge is 0.383 e. The average Bonchev–Trinajstić information content (AvgIpc) is 3.25. The van der Waals surface area contributed by atoms with E-state index in [9.17, 15) is 4.79 Å². The Bertz CT molecular complexity index is 990. The first-order chi connectivity index (χ1) is 13.0. The number of halogens is 1. The number of nitrogen functional groups attached to an aromatic ring is 1. The van der Waals surface area contributed by atoms with E-state index in [0.717, 1.165) is 12.1 Å². The third kappa shape index (κ3) is 3.68. The quantitative estimate of drug-likeness (QED) is 0.538. The predicted molar refractivity (Wildman–Crippen MR) is 107 cm³/mol. The second kappa shape index (κ2) is 7.29. The molecule has 0 radical (unpaired) electrons. The second-order valence-corrected chi connectivity index (χ2v) is 7.42. The lowest BCUT2D eigenvalue weighted by Gasteiger charge is -2.15. The molecule has 7 heteroatoms. The number of hydrogen-bond donors (Lipinski definition) is 1. The van der Waals surface area contributed by atoms with Crippen molar-refractivity contribution in [2.45, 2.75) is 32.9 Å². The van der Waals surface area contributed by atoms with Crippen LogP contribution < -0.4 is 5.73 Å². The molecule has 0 aliphatic carbocycles. The van der Waals surface area contributed by atoms with Crippen LogP contribution in [-0.2, 0) is 13.1 Å². The average molecular weight is 384 g/mol. The summed E-state index contributed by atoms with van der Waals surface area (Å²) in [5.41, 5.74) is 9.49. The van der Waals surface area contributed by atoms with Gasteiger partial charge < -0.3 is 10.3 Å². The number of nitrogens with two attached hydrogens (primary N) is 1. The summed E-state index contributed by atoms with van der Waals surface area (Å²) in [5, 5.41) is 0.727. The molecule has 140 valence electrons. The normalized spacial score (nSPS) is 14.9. The van der Waals surface area contributed by atoms with Crippen LogP contribution in [0.15, 0.2) is 30.3 Å². The number of nitrogens with zero attached hydrogens (tertiary/aromatic N) is 4. The highest BCUT2D eigenvalue weighted by molar-refractivity contribution is 6.28. The van der Waals surface area contributed by atoms with Gasteiger partial charge in [0.1, 0.15) is 11.5 Å². The van der Waals surface area contributed by atoms with E-state index in [-0.39, 0.29) is 16.9 Å². The Morgan fingerprint density at radius 2 is 1.74 bits per heavy atom. The number of fused-ring (bicyclic) bond motifs is 1. The van der Waals surface area contributed by atoms with Gasteiger partial charge in [-0.3, -0.25) is 9.69 Å². The van der Waals surface area contributed by atoms with E-state index >= 15 is 0 Å². The molecule has 1 aliphatic rings. The Morgan fingerprint density at radius 1 is 1.11 bits per heavy atom. The zero-order chi connectivity index (χ0) is 19.0. The van der Waals surface area contributed by atoms with Crippen LogP contribution in [0.3, 0.4) is 0 Å². The summed E-state index contributed by atoms with van der Waals surface area (Å²) in [6, 6.07) is 10.3. The van der Waals surface area contributed by atoms with E-state index < -0.39 is 0 Å². The third-order valence-electron chi connectivity index (χ3n) is 5.08. The van der Waals surface area contributed by atoms with Crippen molar-refractivity contribution >= 4 is 34.2 Å². The topological polar surface area (TPSA) is 77.0 Å². The predicted octanol–water partition coefficient (Wildman–Crippen LogP) is 3.51. The molecule has 1 saturated heterocycles. The van der Waals surface area contributed by atoms with Crippen molar-refractivity contribution in [2.24, 2.45) is 0 Å². The molecule has 0 amide bonds. The maximum Gasteiger partial charge on any atom is 0.226 e. The number of carbonyl (C=O) groups excluding carboxylic acids is 1. The first kappa shape index (κ1) is 17.9. The van der Waals surface area contributed by atoms with E-state index in [4.69, 9.17) is 17.3 Å². The Morgan fingerprint density at radius 3 is 2.37 bits per heavy atom. The lowest BCUT2D eigenvalue weighted by molar-refractivity contribution is 0.101.